The van der Waals surface area contributed by atoms with Gasteiger partial charge >= 0.3 is 6.09 Å². The number of carbonyl (C=O) groups excluding carboxylic acids is 1. The third-order valence-corrected chi connectivity index (χ3v) is 11.1. The summed E-state index contributed by atoms with van der Waals surface area (Å²) in [4.78, 5) is 24.8. The molecule has 0 aliphatic rings. The summed E-state index contributed by atoms with van der Waals surface area (Å²) in [6.45, 7) is 16.5. The van der Waals surface area contributed by atoms with E-state index in [1.54, 1.807) is 25.6 Å². The van der Waals surface area contributed by atoms with Gasteiger partial charge < -0.3 is 29.3 Å². The van der Waals surface area contributed by atoms with Crippen molar-refractivity contribution in [3.05, 3.63) is 36.5 Å². The number of carbonyl (C=O) groups is 1. The number of hydrogen-bond donors (Lipinski definition) is 3. The zero-order valence-electron chi connectivity index (χ0n) is 25.7. The molecule has 226 valence electrons. The van der Waals surface area contributed by atoms with E-state index in [0.29, 0.717) is 34.4 Å². The normalized spacial score (nSPS) is 12.7. The van der Waals surface area contributed by atoms with Crippen molar-refractivity contribution in [1.29, 1.82) is 5.26 Å². The zero-order chi connectivity index (χ0) is 31.1. The molecule has 0 aliphatic heterocycles. The number of amides is 1. The Kier molecular flexibility index (Phi) is 10.1. The molecule has 0 radical (unpaired) electrons. The largest absolute Gasteiger partial charge is 0.494 e. The van der Waals surface area contributed by atoms with E-state index < -0.39 is 26.1 Å². The van der Waals surface area contributed by atoms with E-state index in [2.05, 4.69) is 69.6 Å². The maximum atomic E-state index is 12.4. The first-order valence-corrected chi connectivity index (χ1v) is 16.4. The summed E-state index contributed by atoms with van der Waals surface area (Å²) in [7, 11) is -0.684. The molecule has 0 aliphatic carbocycles. The van der Waals surface area contributed by atoms with Crippen molar-refractivity contribution in [2.75, 3.05) is 25.6 Å². The highest BCUT2D eigenvalue weighted by molar-refractivity contribution is 6.74. The van der Waals surface area contributed by atoms with E-state index in [9.17, 15) is 4.79 Å². The number of pyridine rings is 1. The maximum absolute atomic E-state index is 12.4. The lowest BCUT2D eigenvalue weighted by molar-refractivity contribution is 0.0472. The Morgan fingerprint density at radius 1 is 1.07 bits per heavy atom. The molecule has 1 atom stereocenters. The number of methoxy groups -OCH3 is 1. The minimum atomic E-state index is -2.23. The molecule has 3 aromatic rings. The van der Waals surface area contributed by atoms with E-state index >= 15 is 0 Å². The van der Waals surface area contributed by atoms with Gasteiger partial charge in [0, 0.05) is 12.6 Å². The Morgan fingerprint density at radius 3 is 2.38 bits per heavy atom. The SMILES string of the molecule is COc1cncc(OC[C@H](CNC(=O)OC(C)(C)C)O[Si](C)(C)C(C)(C)C)c1-c1cc(Nc2cnc(C#N)cn2)n[nH]1. The van der Waals surface area contributed by atoms with Gasteiger partial charge in [0.1, 0.15) is 29.8 Å². The average molecular weight is 597 g/mol. The molecule has 14 heteroatoms. The molecule has 0 aromatic carbocycles. The third-order valence-electron chi connectivity index (χ3n) is 6.53. The van der Waals surface area contributed by atoms with Gasteiger partial charge in [0.2, 0.25) is 0 Å². The fraction of sp³-hybridized carbons (Fsp3) is 0.500. The van der Waals surface area contributed by atoms with Crippen LogP contribution in [0.3, 0.4) is 0 Å². The van der Waals surface area contributed by atoms with E-state index in [-0.39, 0.29) is 23.9 Å². The summed E-state index contributed by atoms with van der Waals surface area (Å²) in [6.07, 6.45) is 4.99. The van der Waals surface area contributed by atoms with Gasteiger partial charge in [-0.05, 0) is 38.9 Å². The summed E-state index contributed by atoms with van der Waals surface area (Å²) in [5, 5.41) is 22.0. The van der Waals surface area contributed by atoms with E-state index in [4.69, 9.17) is 23.9 Å². The molecule has 3 heterocycles. The van der Waals surface area contributed by atoms with Gasteiger partial charge in [0.05, 0.1) is 49.3 Å². The predicted octanol–water partition coefficient (Wildman–Crippen LogP) is 5.18. The molecule has 0 unspecified atom stereocenters. The molecular formula is C28H40N8O5Si. The van der Waals surface area contributed by atoms with Crippen molar-refractivity contribution < 1.29 is 23.4 Å². The van der Waals surface area contributed by atoms with Crippen LogP contribution in [0.25, 0.3) is 11.3 Å². The lowest BCUT2D eigenvalue weighted by Crippen LogP contribution is -2.49. The van der Waals surface area contributed by atoms with Crippen LogP contribution in [0.1, 0.15) is 47.2 Å². The molecule has 0 saturated carbocycles. The fourth-order valence-electron chi connectivity index (χ4n) is 3.47. The average Bonchev–Trinajstić information content (AvgIpc) is 3.36. The number of anilines is 2. The number of aromatic amines is 1. The molecule has 0 bridgehead atoms. The Labute approximate surface area is 247 Å². The topological polar surface area (TPSA) is 169 Å². The van der Waals surface area contributed by atoms with Crippen LogP contribution in [-0.2, 0) is 9.16 Å². The van der Waals surface area contributed by atoms with Gasteiger partial charge in [0.25, 0.3) is 0 Å². The second-order valence-corrected chi connectivity index (χ2v) is 16.9. The number of H-pyrrole nitrogens is 1. The highest BCUT2D eigenvalue weighted by Crippen LogP contribution is 2.39. The minimum absolute atomic E-state index is 0.0571. The summed E-state index contributed by atoms with van der Waals surface area (Å²) >= 11 is 0. The Hall–Kier alpha value is -4.22. The number of ether oxygens (including phenoxy) is 3. The van der Waals surface area contributed by atoms with Crippen molar-refractivity contribution in [1.82, 2.24) is 30.5 Å². The number of rotatable bonds is 11. The second-order valence-electron chi connectivity index (χ2n) is 12.1. The highest BCUT2D eigenvalue weighted by Gasteiger charge is 2.39. The minimum Gasteiger partial charge on any atom is -0.494 e. The lowest BCUT2D eigenvalue weighted by Gasteiger charge is -2.39. The first-order chi connectivity index (χ1) is 19.6. The van der Waals surface area contributed by atoms with Gasteiger partial charge in [-0.2, -0.15) is 10.4 Å². The van der Waals surface area contributed by atoms with Crippen molar-refractivity contribution in [2.24, 2.45) is 0 Å². The number of hydrogen-bond acceptors (Lipinski definition) is 11. The monoisotopic (exact) mass is 596 g/mol. The van der Waals surface area contributed by atoms with Gasteiger partial charge in [0.15, 0.2) is 25.6 Å². The van der Waals surface area contributed by atoms with Crippen molar-refractivity contribution in [3.8, 4) is 28.8 Å². The third kappa shape index (κ3) is 8.89. The highest BCUT2D eigenvalue weighted by atomic mass is 28.4. The summed E-state index contributed by atoms with van der Waals surface area (Å²) in [5.41, 5.74) is 0.790. The molecule has 3 N–H and O–H groups in total. The number of nitriles is 1. The van der Waals surface area contributed by atoms with Crippen LogP contribution >= 0.6 is 0 Å². The summed E-state index contributed by atoms with van der Waals surface area (Å²) in [6, 6.07) is 3.70. The van der Waals surface area contributed by atoms with Crippen LogP contribution in [0, 0.1) is 11.3 Å². The van der Waals surface area contributed by atoms with Crippen LogP contribution in [0.5, 0.6) is 11.5 Å². The smallest absolute Gasteiger partial charge is 0.407 e. The number of nitrogens with zero attached hydrogens (tertiary/aromatic N) is 5. The Bertz CT molecular complexity index is 1390. The zero-order valence-corrected chi connectivity index (χ0v) is 26.7. The lowest BCUT2D eigenvalue weighted by atomic mass is 10.1. The molecule has 42 heavy (non-hydrogen) atoms. The first-order valence-electron chi connectivity index (χ1n) is 13.5. The number of nitrogens with one attached hydrogen (secondary N) is 3. The van der Waals surface area contributed by atoms with E-state index in [1.165, 1.54) is 12.4 Å². The Morgan fingerprint density at radius 2 is 1.79 bits per heavy atom. The summed E-state index contributed by atoms with van der Waals surface area (Å²) < 4.78 is 23.9. The van der Waals surface area contributed by atoms with E-state index in [0.717, 1.165) is 0 Å². The molecule has 13 nitrogen and oxygen atoms in total. The molecule has 0 fully saturated rings. The molecule has 3 aromatic heterocycles. The molecule has 3 rings (SSSR count). The maximum Gasteiger partial charge on any atom is 0.407 e. The van der Waals surface area contributed by atoms with Gasteiger partial charge in [-0.1, -0.05) is 20.8 Å². The fourth-order valence-corrected chi connectivity index (χ4v) is 4.81. The second kappa shape index (κ2) is 13.2. The van der Waals surface area contributed by atoms with Crippen LogP contribution in [-0.4, -0.2) is 71.5 Å². The van der Waals surface area contributed by atoms with Crippen molar-refractivity contribution >= 4 is 26.0 Å². The van der Waals surface area contributed by atoms with Crippen molar-refractivity contribution in [2.45, 2.75) is 71.4 Å². The Balaban J connectivity index is 1.83. The van der Waals surface area contributed by atoms with E-state index in [1.807, 2.05) is 26.8 Å². The van der Waals surface area contributed by atoms with Crippen LogP contribution in [0.15, 0.2) is 30.9 Å². The van der Waals surface area contributed by atoms with Crippen LogP contribution < -0.4 is 20.1 Å². The molecule has 0 spiro atoms. The van der Waals surface area contributed by atoms with Gasteiger partial charge in [-0.15, -0.1) is 0 Å². The quantitative estimate of drug-likeness (QED) is 0.249. The summed E-state index contributed by atoms with van der Waals surface area (Å²) in [5.74, 6) is 1.79. The first kappa shape index (κ1) is 32.3. The molecule has 0 saturated heterocycles. The van der Waals surface area contributed by atoms with Crippen LogP contribution in [0.4, 0.5) is 16.4 Å². The standard InChI is InChI=1S/C28H40N8O5Si/c1-27(2,3)40-26(37)33-13-19(41-42(8,9)28(4,5)6)17-39-22-15-30-14-21(38-7)25(22)20-10-23(36-35-20)34-24-16-31-18(11-29)12-32-24/h10,12,14-16,19H,13,17H2,1-9H3,(H,33,37)(H2,32,34,35,36)/t19-/m0/s1. The number of aromatic nitrogens is 5. The van der Waals surface area contributed by atoms with Crippen molar-refractivity contribution in [3.63, 3.8) is 0 Å². The predicted molar refractivity (Wildman–Crippen MR) is 160 cm³/mol. The van der Waals surface area contributed by atoms with Gasteiger partial charge in [-0.3, -0.25) is 10.1 Å². The molecule has 1 amide bonds. The molecular weight excluding hydrogens is 556 g/mol. The number of alkyl carbamates (subject to hydrolysis) is 1. The van der Waals surface area contributed by atoms with Crippen LogP contribution in [0.2, 0.25) is 18.1 Å². The van der Waals surface area contributed by atoms with Gasteiger partial charge in [-0.25, -0.2) is 14.8 Å².